The van der Waals surface area contributed by atoms with E-state index >= 15 is 0 Å². The third-order valence-corrected chi connectivity index (χ3v) is 4.83. The topological polar surface area (TPSA) is 60.5 Å². The molecule has 2 aromatic heterocycles. The first-order chi connectivity index (χ1) is 12.0. The number of halogens is 2. The highest BCUT2D eigenvalue weighted by molar-refractivity contribution is 7.19. The summed E-state index contributed by atoms with van der Waals surface area (Å²) in [7, 11) is 3.13. The summed E-state index contributed by atoms with van der Waals surface area (Å²) in [6.07, 6.45) is -0.882. The Labute approximate surface area is 146 Å². The summed E-state index contributed by atoms with van der Waals surface area (Å²) in [6.45, 7) is -0.649. The summed E-state index contributed by atoms with van der Waals surface area (Å²) in [5.41, 5.74) is 0.671. The first-order valence-corrected chi connectivity index (χ1v) is 8.32. The van der Waals surface area contributed by atoms with E-state index in [2.05, 4.69) is 10.3 Å². The molecule has 3 rings (SSSR count). The standard InChI is InChI=1S/C17H16F2N2O3S/c1-23-15-10-4-3-5-20-14(10)16(24-2)17-11(15)6-9(25-17)7-13(22)21-8-12(18)19/h3-6,12H,7-8H2,1-2H3,(H,21,22). The number of methoxy groups -OCH3 is 2. The van der Waals surface area contributed by atoms with Gasteiger partial charge in [0.15, 0.2) is 5.75 Å². The Kier molecular flexibility index (Phi) is 4.98. The van der Waals surface area contributed by atoms with Crippen molar-refractivity contribution in [1.29, 1.82) is 0 Å². The number of benzene rings is 1. The number of aromatic nitrogens is 1. The molecule has 1 N–H and O–H groups in total. The number of thiophene rings is 1. The van der Waals surface area contributed by atoms with E-state index in [1.807, 2.05) is 12.1 Å². The molecule has 0 aliphatic rings. The van der Waals surface area contributed by atoms with E-state index < -0.39 is 18.9 Å². The predicted octanol–water partition coefficient (Wildman–Crippen LogP) is 3.39. The van der Waals surface area contributed by atoms with Crippen LogP contribution in [0.2, 0.25) is 0 Å². The Morgan fingerprint density at radius 1 is 1.28 bits per heavy atom. The van der Waals surface area contributed by atoms with E-state index in [1.54, 1.807) is 26.5 Å². The molecule has 0 fully saturated rings. The molecule has 3 aromatic rings. The van der Waals surface area contributed by atoms with Gasteiger partial charge in [-0.1, -0.05) is 0 Å². The highest BCUT2D eigenvalue weighted by Crippen LogP contribution is 2.45. The van der Waals surface area contributed by atoms with Crippen molar-refractivity contribution in [2.45, 2.75) is 12.8 Å². The number of nitrogens with zero attached hydrogens (tertiary/aromatic N) is 1. The van der Waals surface area contributed by atoms with E-state index in [4.69, 9.17) is 9.47 Å². The fraction of sp³-hybridized carbons (Fsp3) is 0.294. The Bertz CT molecular complexity index is 867. The number of nitrogens with one attached hydrogen (secondary N) is 1. The average molecular weight is 366 g/mol. The maximum Gasteiger partial charge on any atom is 0.255 e. The SMILES string of the molecule is COc1c2cccnc2c(OC)c2sc(CC(=O)NCC(F)F)cc12. The van der Waals surface area contributed by atoms with Gasteiger partial charge in [-0.3, -0.25) is 9.78 Å². The molecule has 0 spiro atoms. The van der Waals surface area contributed by atoms with Crippen LogP contribution in [0.4, 0.5) is 8.78 Å². The van der Waals surface area contributed by atoms with E-state index in [0.717, 1.165) is 20.3 Å². The van der Waals surface area contributed by atoms with Crippen LogP contribution in [-0.2, 0) is 11.2 Å². The fourth-order valence-electron chi connectivity index (χ4n) is 2.71. The molecule has 0 aliphatic carbocycles. The van der Waals surface area contributed by atoms with E-state index in [1.165, 1.54) is 11.3 Å². The first kappa shape index (κ1) is 17.3. The van der Waals surface area contributed by atoms with Crippen LogP contribution in [-0.4, -0.2) is 38.1 Å². The van der Waals surface area contributed by atoms with Gasteiger partial charge in [-0.25, -0.2) is 8.78 Å². The number of fused-ring (bicyclic) bond motifs is 2. The molecule has 0 aliphatic heterocycles. The van der Waals surface area contributed by atoms with Crippen LogP contribution in [0.15, 0.2) is 24.4 Å². The zero-order valence-electron chi connectivity index (χ0n) is 13.6. The van der Waals surface area contributed by atoms with Gasteiger partial charge in [-0.05, 0) is 18.2 Å². The molecular weight excluding hydrogens is 350 g/mol. The highest BCUT2D eigenvalue weighted by atomic mass is 32.1. The molecule has 0 saturated heterocycles. The lowest BCUT2D eigenvalue weighted by molar-refractivity contribution is -0.121. The summed E-state index contributed by atoms with van der Waals surface area (Å²) in [4.78, 5) is 16.9. The lowest BCUT2D eigenvalue weighted by Gasteiger charge is -2.10. The second kappa shape index (κ2) is 7.18. The molecule has 1 amide bonds. The van der Waals surface area contributed by atoms with Crippen LogP contribution >= 0.6 is 11.3 Å². The van der Waals surface area contributed by atoms with Crippen molar-refractivity contribution in [3.05, 3.63) is 29.3 Å². The van der Waals surface area contributed by atoms with Crippen molar-refractivity contribution in [3.8, 4) is 11.5 Å². The zero-order chi connectivity index (χ0) is 18.0. The molecule has 5 nitrogen and oxygen atoms in total. The molecule has 0 bridgehead atoms. The molecule has 0 radical (unpaired) electrons. The number of carbonyl (C=O) groups excluding carboxylic acids is 1. The van der Waals surface area contributed by atoms with Crippen molar-refractivity contribution in [2.75, 3.05) is 20.8 Å². The van der Waals surface area contributed by atoms with Crippen molar-refractivity contribution < 1.29 is 23.0 Å². The van der Waals surface area contributed by atoms with Crippen molar-refractivity contribution in [3.63, 3.8) is 0 Å². The minimum Gasteiger partial charge on any atom is -0.495 e. The zero-order valence-corrected chi connectivity index (χ0v) is 14.5. The largest absolute Gasteiger partial charge is 0.495 e. The van der Waals surface area contributed by atoms with Crippen LogP contribution in [0.1, 0.15) is 4.88 Å². The quantitative estimate of drug-likeness (QED) is 0.726. The number of hydrogen-bond donors (Lipinski definition) is 1. The molecule has 132 valence electrons. The number of ether oxygens (including phenoxy) is 2. The Morgan fingerprint density at radius 2 is 2.04 bits per heavy atom. The monoisotopic (exact) mass is 366 g/mol. The molecule has 25 heavy (non-hydrogen) atoms. The summed E-state index contributed by atoms with van der Waals surface area (Å²) in [5.74, 6) is 0.803. The molecule has 0 unspecified atom stereocenters. The van der Waals surface area contributed by atoms with E-state index in [-0.39, 0.29) is 6.42 Å². The second-order valence-corrected chi connectivity index (χ2v) is 6.43. The van der Waals surface area contributed by atoms with Crippen molar-refractivity contribution in [1.82, 2.24) is 10.3 Å². The van der Waals surface area contributed by atoms with Crippen molar-refractivity contribution >= 4 is 38.2 Å². The summed E-state index contributed by atoms with van der Waals surface area (Å²) < 4.78 is 36.3. The third kappa shape index (κ3) is 3.34. The minimum atomic E-state index is -2.57. The van der Waals surface area contributed by atoms with Gasteiger partial charge in [0.1, 0.15) is 11.3 Å². The van der Waals surface area contributed by atoms with Crippen molar-refractivity contribution in [2.24, 2.45) is 0 Å². The van der Waals surface area contributed by atoms with Gasteiger partial charge in [0.05, 0.1) is 31.9 Å². The Hall–Kier alpha value is -2.48. The van der Waals surface area contributed by atoms with E-state index in [9.17, 15) is 13.6 Å². The summed E-state index contributed by atoms with van der Waals surface area (Å²) in [5, 5.41) is 3.82. The predicted molar refractivity (Wildman–Crippen MR) is 92.9 cm³/mol. The van der Waals surface area contributed by atoms with Crippen LogP contribution in [0.5, 0.6) is 11.5 Å². The third-order valence-electron chi connectivity index (χ3n) is 3.70. The Morgan fingerprint density at radius 3 is 2.72 bits per heavy atom. The average Bonchev–Trinajstić information content (AvgIpc) is 3.00. The number of pyridine rings is 1. The minimum absolute atomic E-state index is 0.0160. The van der Waals surface area contributed by atoms with E-state index in [0.29, 0.717) is 17.0 Å². The summed E-state index contributed by atoms with van der Waals surface area (Å²) >= 11 is 1.36. The number of carbonyl (C=O) groups is 1. The smallest absolute Gasteiger partial charge is 0.255 e. The van der Waals surface area contributed by atoms with Gasteiger partial charge in [0.25, 0.3) is 6.43 Å². The van der Waals surface area contributed by atoms with Gasteiger partial charge < -0.3 is 14.8 Å². The normalized spacial score (nSPS) is 11.2. The highest BCUT2D eigenvalue weighted by Gasteiger charge is 2.19. The van der Waals surface area contributed by atoms with Gasteiger partial charge in [-0.2, -0.15) is 0 Å². The molecule has 8 heteroatoms. The number of alkyl halides is 2. The van der Waals surface area contributed by atoms with Crippen LogP contribution in [0, 0.1) is 0 Å². The van der Waals surface area contributed by atoms with Gasteiger partial charge in [0, 0.05) is 21.8 Å². The van der Waals surface area contributed by atoms with Gasteiger partial charge in [0.2, 0.25) is 5.91 Å². The van der Waals surface area contributed by atoms with Crippen LogP contribution in [0.3, 0.4) is 0 Å². The lowest BCUT2D eigenvalue weighted by Crippen LogP contribution is -2.29. The maximum atomic E-state index is 12.2. The lowest BCUT2D eigenvalue weighted by atomic mass is 10.1. The fourth-order valence-corrected chi connectivity index (χ4v) is 3.89. The number of rotatable bonds is 6. The number of hydrogen-bond acceptors (Lipinski definition) is 5. The van der Waals surface area contributed by atoms with Crippen LogP contribution in [0.25, 0.3) is 21.0 Å². The second-order valence-electron chi connectivity index (χ2n) is 5.29. The number of amides is 1. The molecule has 0 atom stereocenters. The van der Waals surface area contributed by atoms with Crippen LogP contribution < -0.4 is 14.8 Å². The van der Waals surface area contributed by atoms with Gasteiger partial charge >= 0.3 is 0 Å². The first-order valence-electron chi connectivity index (χ1n) is 7.51. The molecule has 2 heterocycles. The molecule has 1 aromatic carbocycles. The molecular formula is C17H16F2N2O3S. The molecule has 0 saturated carbocycles. The Balaban J connectivity index is 2.07. The van der Waals surface area contributed by atoms with Gasteiger partial charge in [-0.15, -0.1) is 11.3 Å². The summed E-state index contributed by atoms with van der Waals surface area (Å²) in [6, 6.07) is 5.52. The maximum absolute atomic E-state index is 12.2.